The van der Waals surface area contributed by atoms with Crippen molar-refractivity contribution in [3.8, 4) is 0 Å². The third kappa shape index (κ3) is 4.16. The second-order valence-electron chi connectivity index (χ2n) is 5.65. The van der Waals surface area contributed by atoms with E-state index < -0.39 is 0 Å². The summed E-state index contributed by atoms with van der Waals surface area (Å²) in [6.07, 6.45) is 10.2. The zero-order chi connectivity index (χ0) is 12.8. The van der Waals surface area contributed by atoms with E-state index in [-0.39, 0.29) is 5.91 Å². The lowest BCUT2D eigenvalue weighted by molar-refractivity contribution is -0.118. The lowest BCUT2D eigenvalue weighted by atomic mass is 9.95. The number of carbonyl (C=O) groups is 1. The van der Waals surface area contributed by atoms with Gasteiger partial charge in [-0.3, -0.25) is 4.79 Å². The van der Waals surface area contributed by atoms with Gasteiger partial charge in [-0.2, -0.15) is 11.8 Å². The minimum Gasteiger partial charge on any atom is -0.355 e. The third-order valence-corrected chi connectivity index (χ3v) is 4.90. The number of amides is 1. The fourth-order valence-electron chi connectivity index (χ4n) is 3.23. The zero-order valence-corrected chi connectivity index (χ0v) is 12.3. The predicted molar refractivity (Wildman–Crippen MR) is 77.9 cm³/mol. The van der Waals surface area contributed by atoms with Crippen molar-refractivity contribution >= 4 is 17.7 Å². The summed E-state index contributed by atoms with van der Waals surface area (Å²) in [6, 6.07) is 0.872. The Morgan fingerprint density at radius 3 is 2.50 bits per heavy atom. The molecule has 0 atom stereocenters. The fourth-order valence-corrected chi connectivity index (χ4v) is 3.60. The van der Waals surface area contributed by atoms with Crippen molar-refractivity contribution in [2.75, 3.05) is 31.6 Å². The maximum atomic E-state index is 11.4. The number of nitrogens with zero attached hydrogens (tertiary/aromatic N) is 1. The standard InChI is InChI=1S/C14H26N2OS/c1-18-11-14(17)15-10-12-6-8-16(9-7-12)13-4-2-3-5-13/h12-13H,2-11H2,1H3,(H,15,17). The minimum atomic E-state index is 0.195. The number of likely N-dealkylation sites (tertiary alicyclic amines) is 1. The summed E-state index contributed by atoms with van der Waals surface area (Å²) in [7, 11) is 0. The zero-order valence-electron chi connectivity index (χ0n) is 11.5. The summed E-state index contributed by atoms with van der Waals surface area (Å²) in [5.74, 6) is 1.50. The quantitative estimate of drug-likeness (QED) is 0.830. The Balaban J connectivity index is 1.62. The van der Waals surface area contributed by atoms with Gasteiger partial charge in [0, 0.05) is 12.6 Å². The van der Waals surface area contributed by atoms with Gasteiger partial charge in [0.15, 0.2) is 0 Å². The molecule has 1 saturated heterocycles. The molecular formula is C14H26N2OS. The molecule has 0 spiro atoms. The van der Waals surface area contributed by atoms with Crippen LogP contribution in [0, 0.1) is 5.92 Å². The SMILES string of the molecule is CSCC(=O)NCC1CCN(C2CCCC2)CC1. The Labute approximate surface area is 115 Å². The van der Waals surface area contributed by atoms with Crippen molar-refractivity contribution in [1.82, 2.24) is 10.2 Å². The average molecular weight is 270 g/mol. The topological polar surface area (TPSA) is 32.3 Å². The van der Waals surface area contributed by atoms with E-state index in [0.717, 1.165) is 12.6 Å². The second kappa shape index (κ2) is 7.39. The molecule has 0 radical (unpaired) electrons. The molecule has 1 N–H and O–H groups in total. The summed E-state index contributed by atoms with van der Waals surface area (Å²) in [4.78, 5) is 14.1. The van der Waals surface area contributed by atoms with Gasteiger partial charge in [-0.05, 0) is 50.9 Å². The summed E-state index contributed by atoms with van der Waals surface area (Å²) in [5, 5.41) is 3.06. The summed E-state index contributed by atoms with van der Waals surface area (Å²) < 4.78 is 0. The van der Waals surface area contributed by atoms with Crippen molar-refractivity contribution in [3.63, 3.8) is 0 Å². The van der Waals surface area contributed by atoms with E-state index in [1.807, 2.05) is 6.26 Å². The van der Waals surface area contributed by atoms with Gasteiger partial charge in [-0.15, -0.1) is 0 Å². The van der Waals surface area contributed by atoms with Crippen LogP contribution in [0.4, 0.5) is 0 Å². The van der Waals surface area contributed by atoms with E-state index in [4.69, 9.17) is 0 Å². The molecule has 2 aliphatic rings. The van der Waals surface area contributed by atoms with Gasteiger partial charge in [0.2, 0.25) is 5.91 Å². The van der Waals surface area contributed by atoms with Crippen LogP contribution in [-0.4, -0.2) is 48.5 Å². The maximum Gasteiger partial charge on any atom is 0.229 e. The number of thioether (sulfide) groups is 1. The van der Waals surface area contributed by atoms with Crippen molar-refractivity contribution < 1.29 is 4.79 Å². The van der Waals surface area contributed by atoms with E-state index in [2.05, 4.69) is 10.2 Å². The molecule has 1 heterocycles. The molecule has 4 heteroatoms. The molecule has 1 aliphatic carbocycles. The molecule has 3 nitrogen and oxygen atoms in total. The number of rotatable bonds is 5. The van der Waals surface area contributed by atoms with Crippen LogP contribution in [0.1, 0.15) is 38.5 Å². The Bertz CT molecular complexity index is 259. The third-order valence-electron chi connectivity index (χ3n) is 4.35. The highest BCUT2D eigenvalue weighted by molar-refractivity contribution is 7.99. The van der Waals surface area contributed by atoms with Gasteiger partial charge >= 0.3 is 0 Å². The number of nitrogens with one attached hydrogen (secondary N) is 1. The van der Waals surface area contributed by atoms with Crippen LogP contribution < -0.4 is 5.32 Å². The highest BCUT2D eigenvalue weighted by Crippen LogP contribution is 2.27. The van der Waals surface area contributed by atoms with Crippen LogP contribution in [0.3, 0.4) is 0 Å². The molecule has 0 unspecified atom stereocenters. The van der Waals surface area contributed by atoms with Gasteiger partial charge in [0.25, 0.3) is 0 Å². The van der Waals surface area contributed by atoms with Gasteiger partial charge in [-0.25, -0.2) is 0 Å². The Morgan fingerprint density at radius 1 is 1.22 bits per heavy atom. The van der Waals surface area contributed by atoms with Gasteiger partial charge in [0.05, 0.1) is 5.75 Å². The summed E-state index contributed by atoms with van der Waals surface area (Å²) >= 11 is 1.59. The van der Waals surface area contributed by atoms with E-state index >= 15 is 0 Å². The molecule has 0 bridgehead atoms. The van der Waals surface area contributed by atoms with E-state index in [1.54, 1.807) is 11.8 Å². The summed E-state index contributed by atoms with van der Waals surface area (Å²) in [5.41, 5.74) is 0. The van der Waals surface area contributed by atoms with Crippen molar-refractivity contribution in [3.05, 3.63) is 0 Å². The van der Waals surface area contributed by atoms with Crippen LogP contribution in [0.2, 0.25) is 0 Å². The lowest BCUT2D eigenvalue weighted by Gasteiger charge is -2.36. The van der Waals surface area contributed by atoms with E-state index in [1.165, 1.54) is 51.6 Å². The first-order chi connectivity index (χ1) is 8.79. The van der Waals surface area contributed by atoms with Crippen molar-refractivity contribution in [2.24, 2.45) is 5.92 Å². The minimum absolute atomic E-state index is 0.195. The first-order valence-corrected chi connectivity index (χ1v) is 8.68. The predicted octanol–water partition coefficient (Wildman–Crippen LogP) is 2.12. The van der Waals surface area contributed by atoms with Crippen molar-refractivity contribution in [1.29, 1.82) is 0 Å². The first kappa shape index (κ1) is 14.2. The van der Waals surface area contributed by atoms with E-state index in [0.29, 0.717) is 11.7 Å². The first-order valence-electron chi connectivity index (χ1n) is 7.29. The molecule has 1 amide bonds. The smallest absolute Gasteiger partial charge is 0.229 e. The monoisotopic (exact) mass is 270 g/mol. The number of piperidine rings is 1. The largest absolute Gasteiger partial charge is 0.355 e. The average Bonchev–Trinajstić information content (AvgIpc) is 2.91. The summed E-state index contributed by atoms with van der Waals surface area (Å²) in [6.45, 7) is 3.37. The van der Waals surface area contributed by atoms with Crippen LogP contribution >= 0.6 is 11.8 Å². The fraction of sp³-hybridized carbons (Fsp3) is 0.929. The maximum absolute atomic E-state index is 11.4. The lowest BCUT2D eigenvalue weighted by Crippen LogP contribution is -2.42. The molecule has 0 aromatic heterocycles. The number of hydrogen-bond donors (Lipinski definition) is 1. The molecule has 2 rings (SSSR count). The molecule has 0 aromatic rings. The van der Waals surface area contributed by atoms with Gasteiger partial charge in [0.1, 0.15) is 0 Å². The van der Waals surface area contributed by atoms with Crippen molar-refractivity contribution in [2.45, 2.75) is 44.6 Å². The van der Waals surface area contributed by atoms with Gasteiger partial charge in [-0.1, -0.05) is 12.8 Å². The van der Waals surface area contributed by atoms with Crippen LogP contribution in [-0.2, 0) is 4.79 Å². The molecule has 104 valence electrons. The van der Waals surface area contributed by atoms with Gasteiger partial charge < -0.3 is 10.2 Å². The number of carbonyl (C=O) groups excluding carboxylic acids is 1. The molecule has 2 fully saturated rings. The van der Waals surface area contributed by atoms with Crippen LogP contribution in [0.5, 0.6) is 0 Å². The van der Waals surface area contributed by atoms with Crippen LogP contribution in [0.15, 0.2) is 0 Å². The molecule has 1 saturated carbocycles. The highest BCUT2D eigenvalue weighted by atomic mass is 32.2. The van der Waals surface area contributed by atoms with Crippen LogP contribution in [0.25, 0.3) is 0 Å². The molecule has 0 aromatic carbocycles. The Kier molecular flexibility index (Phi) is 5.83. The normalized spacial score (nSPS) is 23.4. The highest BCUT2D eigenvalue weighted by Gasteiger charge is 2.26. The Morgan fingerprint density at radius 2 is 1.89 bits per heavy atom. The molecule has 18 heavy (non-hydrogen) atoms. The van der Waals surface area contributed by atoms with E-state index in [9.17, 15) is 4.79 Å². The second-order valence-corrected chi connectivity index (χ2v) is 6.52. The Hall–Kier alpha value is -0.220. The number of hydrogen-bond acceptors (Lipinski definition) is 3. The molecular weight excluding hydrogens is 244 g/mol. The molecule has 1 aliphatic heterocycles.